The second-order valence-corrected chi connectivity index (χ2v) is 7.59. The van der Waals surface area contributed by atoms with Crippen LogP contribution in [0.25, 0.3) is 0 Å². The number of hydrogen-bond donors (Lipinski definition) is 3. The summed E-state index contributed by atoms with van der Waals surface area (Å²) >= 11 is 5.58. The number of nitrogens with one attached hydrogen (secondary N) is 3. The molecule has 174 valence electrons. The van der Waals surface area contributed by atoms with Gasteiger partial charge in [0.2, 0.25) is 5.91 Å². The number of hydrogen-bond acceptors (Lipinski definition) is 5. The molecule has 3 N–H and O–H groups in total. The van der Waals surface area contributed by atoms with E-state index in [1.165, 1.54) is 12.1 Å². The molecule has 32 heavy (non-hydrogen) atoms. The van der Waals surface area contributed by atoms with E-state index in [2.05, 4.69) is 16.0 Å². The van der Waals surface area contributed by atoms with Gasteiger partial charge >= 0.3 is 6.18 Å². The Kier molecular flexibility index (Phi) is 7.62. The predicted molar refractivity (Wildman–Crippen MR) is 105 cm³/mol. The molecule has 1 saturated heterocycles. The maximum Gasteiger partial charge on any atom is 0.419 e. The van der Waals surface area contributed by atoms with Crippen molar-refractivity contribution in [1.82, 2.24) is 16.0 Å². The topological polar surface area (TPSA) is 92.6 Å². The van der Waals surface area contributed by atoms with Crippen LogP contribution in [0.4, 0.5) is 17.6 Å². The smallest absolute Gasteiger partial charge is 0.419 e. The number of piperidine rings is 1. The van der Waals surface area contributed by atoms with Crippen molar-refractivity contribution >= 4 is 23.4 Å². The normalized spacial score (nSPS) is 18.8. The maximum atomic E-state index is 13.4. The standard InChI is InChI=1S/C20H20ClF4N3O4/c21-15-3-2-13(6-16(15)22)32-10-18(29)28-12-1-4-17(26-7-12)19(30)27-8-14-5-11(9-31-14)20(23,24)25/h2-3,5-6,9,12,17,26H,1,4,7-8,10H2,(H,27,30)(H,28,29). The summed E-state index contributed by atoms with van der Waals surface area (Å²) in [4.78, 5) is 24.3. The molecular weight excluding hydrogens is 458 g/mol. The van der Waals surface area contributed by atoms with Crippen LogP contribution < -0.4 is 20.7 Å². The highest BCUT2D eigenvalue weighted by molar-refractivity contribution is 6.30. The lowest BCUT2D eigenvalue weighted by atomic mass is 10.00. The van der Waals surface area contributed by atoms with E-state index in [4.69, 9.17) is 20.8 Å². The number of halogens is 5. The van der Waals surface area contributed by atoms with Crippen molar-refractivity contribution < 1.29 is 36.3 Å². The van der Waals surface area contributed by atoms with E-state index in [0.717, 1.165) is 12.1 Å². The molecule has 1 aliphatic heterocycles. The van der Waals surface area contributed by atoms with Crippen LogP contribution >= 0.6 is 11.6 Å². The summed E-state index contributed by atoms with van der Waals surface area (Å²) in [6.45, 7) is -0.168. The van der Waals surface area contributed by atoms with Crippen molar-refractivity contribution in [2.24, 2.45) is 0 Å². The highest BCUT2D eigenvalue weighted by atomic mass is 35.5. The van der Waals surface area contributed by atoms with Crippen LogP contribution in [0.3, 0.4) is 0 Å². The molecule has 0 aliphatic carbocycles. The lowest BCUT2D eigenvalue weighted by Crippen LogP contribution is -2.54. The molecule has 12 heteroatoms. The summed E-state index contributed by atoms with van der Waals surface area (Å²) in [7, 11) is 0. The van der Waals surface area contributed by atoms with Gasteiger partial charge in [-0.25, -0.2) is 4.39 Å². The van der Waals surface area contributed by atoms with Crippen LogP contribution in [0, 0.1) is 5.82 Å². The molecular formula is C20H20ClF4N3O4. The number of benzene rings is 1. The molecule has 3 rings (SSSR count). The molecule has 0 saturated carbocycles. The molecule has 1 aliphatic rings. The van der Waals surface area contributed by atoms with E-state index in [1.807, 2.05) is 0 Å². The SMILES string of the molecule is O=C(COc1ccc(Cl)c(F)c1)NC1CCC(C(=O)NCc2cc(C(F)(F)F)co2)NC1. The molecule has 0 spiro atoms. The minimum Gasteiger partial charge on any atom is -0.484 e. The Morgan fingerprint density at radius 3 is 2.66 bits per heavy atom. The monoisotopic (exact) mass is 477 g/mol. The van der Waals surface area contributed by atoms with Gasteiger partial charge < -0.3 is 25.1 Å². The Morgan fingerprint density at radius 2 is 2.03 bits per heavy atom. The Balaban J connectivity index is 1.36. The quantitative estimate of drug-likeness (QED) is 0.533. The first-order chi connectivity index (χ1) is 15.1. The fourth-order valence-corrected chi connectivity index (χ4v) is 3.23. The van der Waals surface area contributed by atoms with E-state index >= 15 is 0 Å². The summed E-state index contributed by atoms with van der Waals surface area (Å²) in [5, 5.41) is 8.21. The fraction of sp³-hybridized carbons (Fsp3) is 0.400. The first-order valence-corrected chi connectivity index (χ1v) is 10.0. The van der Waals surface area contributed by atoms with Gasteiger partial charge in [0.1, 0.15) is 23.6 Å². The van der Waals surface area contributed by atoms with Crippen molar-refractivity contribution in [3.8, 4) is 5.75 Å². The van der Waals surface area contributed by atoms with Crippen molar-refractivity contribution in [2.45, 2.75) is 37.6 Å². The van der Waals surface area contributed by atoms with Crippen LogP contribution in [0.2, 0.25) is 5.02 Å². The summed E-state index contributed by atoms with van der Waals surface area (Å²) in [6, 6.07) is 3.89. The van der Waals surface area contributed by atoms with Crippen molar-refractivity contribution in [3.63, 3.8) is 0 Å². The van der Waals surface area contributed by atoms with Gasteiger partial charge in [-0.15, -0.1) is 0 Å². The molecule has 2 aromatic rings. The molecule has 2 amide bonds. The summed E-state index contributed by atoms with van der Waals surface area (Å²) in [5.74, 6) is -1.29. The van der Waals surface area contributed by atoms with Gasteiger partial charge in [-0.2, -0.15) is 13.2 Å². The molecule has 0 radical (unpaired) electrons. The third kappa shape index (κ3) is 6.60. The molecule has 2 heterocycles. The van der Waals surface area contributed by atoms with E-state index < -0.39 is 29.5 Å². The molecule has 1 fully saturated rings. The number of alkyl halides is 3. The van der Waals surface area contributed by atoms with Gasteiger partial charge in [0.15, 0.2) is 6.61 Å². The van der Waals surface area contributed by atoms with Crippen LogP contribution in [-0.2, 0) is 22.3 Å². The van der Waals surface area contributed by atoms with Gasteiger partial charge in [-0.3, -0.25) is 9.59 Å². The summed E-state index contributed by atoms with van der Waals surface area (Å²) < 4.78 is 61.1. The first-order valence-electron chi connectivity index (χ1n) is 9.64. The zero-order valence-electron chi connectivity index (χ0n) is 16.6. The average molecular weight is 478 g/mol. The highest BCUT2D eigenvalue weighted by Gasteiger charge is 2.33. The third-order valence-corrected chi connectivity index (χ3v) is 5.08. The van der Waals surface area contributed by atoms with Gasteiger partial charge in [-0.1, -0.05) is 11.6 Å². The Labute approximate surface area is 185 Å². The van der Waals surface area contributed by atoms with Crippen LogP contribution in [0.15, 0.2) is 34.9 Å². The molecule has 7 nitrogen and oxygen atoms in total. The minimum absolute atomic E-state index is 0.00723. The van der Waals surface area contributed by atoms with Crippen LogP contribution in [-0.4, -0.2) is 37.0 Å². The summed E-state index contributed by atoms with van der Waals surface area (Å²) in [5.41, 5.74) is -0.915. The predicted octanol–water partition coefficient (Wildman–Crippen LogP) is 3.02. The first kappa shape index (κ1) is 23.9. The van der Waals surface area contributed by atoms with Gasteiger partial charge in [0.25, 0.3) is 5.91 Å². The lowest BCUT2D eigenvalue weighted by Gasteiger charge is -2.29. The zero-order valence-corrected chi connectivity index (χ0v) is 17.4. The third-order valence-electron chi connectivity index (χ3n) is 4.77. The number of carbonyl (C=O) groups is 2. The highest BCUT2D eigenvalue weighted by Crippen LogP contribution is 2.30. The Bertz CT molecular complexity index is 959. The number of amides is 2. The van der Waals surface area contributed by atoms with Crippen molar-refractivity contribution in [2.75, 3.05) is 13.2 Å². The zero-order chi connectivity index (χ0) is 23.3. The molecule has 2 atom stereocenters. The Hall–Kier alpha value is -2.79. The molecule has 1 aromatic carbocycles. The van der Waals surface area contributed by atoms with Gasteiger partial charge in [-0.05, 0) is 31.0 Å². The number of ether oxygens (including phenoxy) is 1. The lowest BCUT2D eigenvalue weighted by molar-refractivity contribution is -0.138. The van der Waals surface area contributed by atoms with Crippen LogP contribution in [0.5, 0.6) is 5.75 Å². The van der Waals surface area contributed by atoms with Gasteiger partial charge in [0.05, 0.1) is 23.2 Å². The maximum absolute atomic E-state index is 13.4. The number of carbonyl (C=O) groups excluding carboxylic acids is 2. The molecule has 0 bridgehead atoms. The fourth-order valence-electron chi connectivity index (χ4n) is 3.11. The number of rotatable bonds is 7. The Morgan fingerprint density at radius 1 is 1.25 bits per heavy atom. The second-order valence-electron chi connectivity index (χ2n) is 7.18. The largest absolute Gasteiger partial charge is 0.484 e. The van der Waals surface area contributed by atoms with Crippen molar-refractivity contribution in [1.29, 1.82) is 0 Å². The number of furan rings is 1. The van der Waals surface area contributed by atoms with E-state index in [0.29, 0.717) is 25.6 Å². The average Bonchev–Trinajstić information content (AvgIpc) is 3.23. The summed E-state index contributed by atoms with van der Waals surface area (Å²) in [6.07, 6.45) is -3.00. The van der Waals surface area contributed by atoms with E-state index in [9.17, 15) is 27.2 Å². The van der Waals surface area contributed by atoms with E-state index in [-0.39, 0.29) is 41.6 Å². The second kappa shape index (κ2) is 10.2. The van der Waals surface area contributed by atoms with Crippen molar-refractivity contribution in [3.05, 3.63) is 52.7 Å². The van der Waals surface area contributed by atoms with Crippen LogP contribution in [0.1, 0.15) is 24.2 Å². The van der Waals surface area contributed by atoms with Gasteiger partial charge in [0, 0.05) is 18.7 Å². The minimum atomic E-state index is -4.51. The van der Waals surface area contributed by atoms with E-state index in [1.54, 1.807) is 0 Å². The molecule has 2 unspecified atom stereocenters. The molecule has 1 aromatic heterocycles.